The maximum Gasteiger partial charge on any atom is 0.236 e. The number of benzene rings is 2. The van der Waals surface area contributed by atoms with Crippen LogP contribution in [0.4, 0.5) is 0 Å². The summed E-state index contributed by atoms with van der Waals surface area (Å²) >= 11 is 1.31. The normalized spacial score (nSPS) is 15.2. The standard InChI is InChI=1S/C19H19N3O4S/c1-24-15-8-14(10-20-22-19-21-17(23)12-27-19)9-16(18(15)25-2)26-11-13-6-4-3-5-7-13/h3-10H,11-12H2,1-2H3,(H,21,22,23). The molecular weight excluding hydrogens is 366 g/mol. The molecule has 140 valence electrons. The van der Waals surface area contributed by atoms with E-state index in [4.69, 9.17) is 14.2 Å². The zero-order valence-corrected chi connectivity index (χ0v) is 15.8. The number of carbonyl (C=O) groups is 1. The van der Waals surface area contributed by atoms with Crippen molar-refractivity contribution in [3.05, 3.63) is 53.6 Å². The molecule has 1 saturated heterocycles. The molecule has 0 radical (unpaired) electrons. The number of amidine groups is 1. The van der Waals surface area contributed by atoms with Crippen molar-refractivity contribution in [3.63, 3.8) is 0 Å². The van der Waals surface area contributed by atoms with Gasteiger partial charge in [0.1, 0.15) is 6.61 Å². The van der Waals surface area contributed by atoms with Gasteiger partial charge < -0.3 is 19.5 Å². The van der Waals surface area contributed by atoms with Crippen molar-refractivity contribution in [1.29, 1.82) is 0 Å². The molecular formula is C19H19N3O4S. The topological polar surface area (TPSA) is 81.5 Å². The van der Waals surface area contributed by atoms with E-state index in [1.807, 2.05) is 30.3 Å². The van der Waals surface area contributed by atoms with Crippen LogP contribution in [0, 0.1) is 0 Å². The van der Waals surface area contributed by atoms with Crippen LogP contribution < -0.4 is 19.5 Å². The zero-order valence-electron chi connectivity index (χ0n) is 15.0. The summed E-state index contributed by atoms with van der Waals surface area (Å²) in [5.74, 6) is 1.87. The van der Waals surface area contributed by atoms with Gasteiger partial charge in [-0.2, -0.15) is 5.10 Å². The van der Waals surface area contributed by atoms with Gasteiger partial charge in [-0.15, -0.1) is 5.10 Å². The summed E-state index contributed by atoms with van der Waals surface area (Å²) in [5, 5.41) is 11.1. The molecule has 1 aliphatic heterocycles. The Morgan fingerprint density at radius 2 is 1.93 bits per heavy atom. The lowest BCUT2D eigenvalue weighted by Gasteiger charge is -2.14. The average molecular weight is 385 g/mol. The number of ether oxygens (including phenoxy) is 3. The van der Waals surface area contributed by atoms with Crippen molar-refractivity contribution >= 4 is 29.1 Å². The highest BCUT2D eigenvalue weighted by Crippen LogP contribution is 2.38. The SMILES string of the molecule is COc1cc(C=NN=C2NC(=O)CS2)cc(OCc2ccccc2)c1OC. The fourth-order valence-electron chi connectivity index (χ4n) is 2.39. The van der Waals surface area contributed by atoms with Crippen LogP contribution in [-0.4, -0.2) is 37.3 Å². The summed E-state index contributed by atoms with van der Waals surface area (Å²) in [7, 11) is 3.12. The average Bonchev–Trinajstić information content (AvgIpc) is 3.11. The molecule has 0 atom stereocenters. The molecule has 27 heavy (non-hydrogen) atoms. The van der Waals surface area contributed by atoms with Gasteiger partial charge in [0.05, 0.1) is 26.2 Å². The first-order valence-corrected chi connectivity index (χ1v) is 9.14. The smallest absolute Gasteiger partial charge is 0.236 e. The molecule has 3 rings (SSSR count). The second-order valence-corrected chi connectivity index (χ2v) is 6.48. The Morgan fingerprint density at radius 3 is 2.59 bits per heavy atom. The van der Waals surface area contributed by atoms with Gasteiger partial charge in [-0.3, -0.25) is 4.79 Å². The van der Waals surface area contributed by atoms with Crippen molar-refractivity contribution in [2.24, 2.45) is 10.2 Å². The van der Waals surface area contributed by atoms with Gasteiger partial charge in [0.2, 0.25) is 11.7 Å². The number of methoxy groups -OCH3 is 2. The van der Waals surface area contributed by atoms with Gasteiger partial charge in [-0.25, -0.2) is 0 Å². The summed E-state index contributed by atoms with van der Waals surface area (Å²) in [6.07, 6.45) is 1.56. The second-order valence-electron chi connectivity index (χ2n) is 5.52. The van der Waals surface area contributed by atoms with Crippen molar-refractivity contribution in [1.82, 2.24) is 5.32 Å². The van der Waals surface area contributed by atoms with E-state index in [1.54, 1.807) is 32.6 Å². The highest BCUT2D eigenvalue weighted by atomic mass is 32.2. The van der Waals surface area contributed by atoms with E-state index >= 15 is 0 Å². The minimum absolute atomic E-state index is 0.0725. The maximum atomic E-state index is 11.2. The number of nitrogens with one attached hydrogen (secondary N) is 1. The third-order valence-corrected chi connectivity index (χ3v) is 4.51. The molecule has 0 saturated carbocycles. The van der Waals surface area contributed by atoms with E-state index in [0.717, 1.165) is 11.1 Å². The number of thioether (sulfide) groups is 1. The first-order chi connectivity index (χ1) is 13.2. The number of nitrogens with zero attached hydrogens (tertiary/aromatic N) is 2. The first kappa shape index (κ1) is 18.8. The summed E-state index contributed by atoms with van der Waals surface area (Å²) in [5.41, 5.74) is 1.77. The minimum Gasteiger partial charge on any atom is -0.493 e. The van der Waals surface area contributed by atoms with E-state index in [-0.39, 0.29) is 5.91 Å². The van der Waals surface area contributed by atoms with Crippen LogP contribution in [0.5, 0.6) is 17.2 Å². The molecule has 0 aromatic heterocycles. The number of hydrogen-bond acceptors (Lipinski definition) is 7. The number of carbonyl (C=O) groups excluding carboxylic acids is 1. The molecule has 1 fully saturated rings. The van der Waals surface area contributed by atoms with Crippen LogP contribution in [0.1, 0.15) is 11.1 Å². The molecule has 0 bridgehead atoms. The van der Waals surface area contributed by atoms with Gasteiger partial charge in [0.25, 0.3) is 0 Å². The summed E-state index contributed by atoms with van der Waals surface area (Å²) in [6.45, 7) is 0.395. The van der Waals surface area contributed by atoms with Crippen molar-refractivity contribution in [2.75, 3.05) is 20.0 Å². The quantitative estimate of drug-likeness (QED) is 0.585. The van der Waals surface area contributed by atoms with Gasteiger partial charge in [-0.05, 0) is 17.7 Å². The Balaban J connectivity index is 1.80. The molecule has 2 aromatic carbocycles. The van der Waals surface area contributed by atoms with Crippen LogP contribution >= 0.6 is 11.8 Å². The molecule has 1 aliphatic rings. The molecule has 7 nitrogen and oxygen atoms in total. The van der Waals surface area contributed by atoms with E-state index in [2.05, 4.69) is 15.5 Å². The fraction of sp³-hybridized carbons (Fsp3) is 0.211. The third-order valence-electron chi connectivity index (χ3n) is 3.65. The Kier molecular flexibility index (Phi) is 6.32. The van der Waals surface area contributed by atoms with Crippen LogP contribution in [0.2, 0.25) is 0 Å². The minimum atomic E-state index is -0.0725. The number of amides is 1. The predicted octanol–water partition coefficient (Wildman–Crippen LogP) is 2.84. The molecule has 1 N–H and O–H groups in total. The molecule has 2 aromatic rings. The van der Waals surface area contributed by atoms with E-state index in [1.165, 1.54) is 11.8 Å². The molecule has 0 spiro atoms. The Bertz CT molecular complexity index is 869. The summed E-state index contributed by atoms with van der Waals surface area (Å²) in [6, 6.07) is 13.4. The van der Waals surface area contributed by atoms with Gasteiger partial charge in [0, 0.05) is 5.56 Å². The van der Waals surface area contributed by atoms with Crippen LogP contribution in [0.25, 0.3) is 0 Å². The summed E-state index contributed by atoms with van der Waals surface area (Å²) in [4.78, 5) is 11.2. The Hall–Kier alpha value is -3.00. The lowest BCUT2D eigenvalue weighted by Crippen LogP contribution is -2.19. The number of rotatable bonds is 7. The zero-order chi connectivity index (χ0) is 19.1. The molecule has 0 unspecified atom stereocenters. The fourth-order valence-corrected chi connectivity index (χ4v) is 3.02. The highest BCUT2D eigenvalue weighted by Gasteiger charge is 2.16. The number of hydrogen-bond donors (Lipinski definition) is 1. The molecule has 0 aliphatic carbocycles. The molecule has 1 amide bonds. The lowest BCUT2D eigenvalue weighted by molar-refractivity contribution is -0.116. The van der Waals surface area contributed by atoms with Gasteiger partial charge >= 0.3 is 0 Å². The molecule has 1 heterocycles. The van der Waals surface area contributed by atoms with Crippen LogP contribution in [0.3, 0.4) is 0 Å². The van der Waals surface area contributed by atoms with Crippen molar-refractivity contribution < 1.29 is 19.0 Å². The van der Waals surface area contributed by atoms with Crippen molar-refractivity contribution in [2.45, 2.75) is 6.61 Å². The summed E-state index contributed by atoms with van der Waals surface area (Å²) < 4.78 is 16.8. The monoisotopic (exact) mass is 385 g/mol. The van der Waals surface area contributed by atoms with E-state index in [9.17, 15) is 4.79 Å². The van der Waals surface area contributed by atoms with E-state index in [0.29, 0.717) is 34.8 Å². The molecule has 8 heteroatoms. The van der Waals surface area contributed by atoms with E-state index < -0.39 is 0 Å². The maximum absolute atomic E-state index is 11.2. The van der Waals surface area contributed by atoms with Crippen LogP contribution in [0.15, 0.2) is 52.7 Å². The van der Waals surface area contributed by atoms with Gasteiger partial charge in [-0.1, -0.05) is 42.1 Å². The predicted molar refractivity (Wildman–Crippen MR) is 106 cm³/mol. The van der Waals surface area contributed by atoms with Crippen molar-refractivity contribution in [3.8, 4) is 17.2 Å². The highest BCUT2D eigenvalue weighted by molar-refractivity contribution is 8.15. The Labute approximate surface area is 161 Å². The third kappa shape index (κ3) is 5.01. The second kappa shape index (κ2) is 9.09. The van der Waals surface area contributed by atoms with Crippen LogP contribution in [-0.2, 0) is 11.4 Å². The Morgan fingerprint density at radius 1 is 1.15 bits per heavy atom. The first-order valence-electron chi connectivity index (χ1n) is 8.16. The lowest BCUT2D eigenvalue weighted by atomic mass is 10.2. The largest absolute Gasteiger partial charge is 0.493 e. The van der Waals surface area contributed by atoms with Gasteiger partial charge in [0.15, 0.2) is 16.7 Å².